The van der Waals surface area contributed by atoms with Crippen LogP contribution in [-0.4, -0.2) is 30.1 Å². The molecule has 0 aromatic heterocycles. The van der Waals surface area contributed by atoms with Gasteiger partial charge >= 0.3 is 5.97 Å². The minimum absolute atomic E-state index is 0.111. The first kappa shape index (κ1) is 21.4. The van der Waals surface area contributed by atoms with Crippen molar-refractivity contribution in [2.75, 3.05) is 18.9 Å². The lowest BCUT2D eigenvalue weighted by Crippen LogP contribution is -2.53. The minimum atomic E-state index is -0.111. The Kier molecular flexibility index (Phi) is 5.80. The number of cyclic esters (lactones) is 1. The van der Waals surface area contributed by atoms with Crippen LogP contribution >= 0.6 is 11.8 Å². The summed E-state index contributed by atoms with van der Waals surface area (Å²) in [6, 6.07) is 0. The zero-order valence-corrected chi connectivity index (χ0v) is 19.9. The van der Waals surface area contributed by atoms with Crippen LogP contribution in [0.15, 0.2) is 11.6 Å². The fourth-order valence-corrected chi connectivity index (χ4v) is 10.2. The van der Waals surface area contributed by atoms with Gasteiger partial charge in [-0.2, -0.15) is 11.8 Å². The van der Waals surface area contributed by atoms with Crippen molar-refractivity contribution >= 4 is 17.7 Å². The maximum absolute atomic E-state index is 11.7. The van der Waals surface area contributed by atoms with Crippen LogP contribution in [0.5, 0.6) is 0 Å². The molecule has 0 spiro atoms. The minimum Gasteiger partial charge on any atom is -0.458 e. The van der Waals surface area contributed by atoms with E-state index in [1.165, 1.54) is 75.5 Å². The third kappa shape index (κ3) is 3.39. The van der Waals surface area contributed by atoms with Gasteiger partial charge in [-0.1, -0.05) is 13.8 Å². The molecule has 5 aliphatic rings. The fraction of sp³-hybridized carbons (Fsp3) is 0.885. The van der Waals surface area contributed by atoms with E-state index in [4.69, 9.17) is 10.5 Å². The zero-order valence-electron chi connectivity index (χ0n) is 19.0. The summed E-state index contributed by atoms with van der Waals surface area (Å²) in [6.45, 7) is 6.64. The Morgan fingerprint density at radius 2 is 1.87 bits per heavy atom. The summed E-state index contributed by atoms with van der Waals surface area (Å²) in [5.41, 5.74) is 7.97. The number of carbonyl (C=O) groups is 1. The average Bonchev–Trinajstić information content (AvgIpc) is 3.30. The summed E-state index contributed by atoms with van der Waals surface area (Å²) in [7, 11) is 0. The molecule has 0 unspecified atom stereocenters. The van der Waals surface area contributed by atoms with Gasteiger partial charge in [0.1, 0.15) is 6.61 Å². The molecule has 5 rings (SSSR count). The van der Waals surface area contributed by atoms with E-state index in [1.54, 1.807) is 0 Å². The number of nitrogens with two attached hydrogens (primary N) is 1. The van der Waals surface area contributed by atoms with Crippen molar-refractivity contribution < 1.29 is 9.53 Å². The molecule has 30 heavy (non-hydrogen) atoms. The second-order valence-corrected chi connectivity index (χ2v) is 13.0. The number of hydrogen-bond acceptors (Lipinski definition) is 4. The van der Waals surface area contributed by atoms with Crippen LogP contribution in [-0.2, 0) is 9.53 Å². The van der Waals surface area contributed by atoms with Crippen molar-refractivity contribution in [1.29, 1.82) is 0 Å². The summed E-state index contributed by atoms with van der Waals surface area (Å²) >= 11 is 2.21. The molecule has 168 valence electrons. The van der Waals surface area contributed by atoms with Gasteiger partial charge in [0.25, 0.3) is 0 Å². The predicted octanol–water partition coefficient (Wildman–Crippen LogP) is 5.58. The smallest absolute Gasteiger partial charge is 0.331 e. The molecule has 4 fully saturated rings. The van der Waals surface area contributed by atoms with Gasteiger partial charge < -0.3 is 10.5 Å². The molecule has 8 atom stereocenters. The Labute approximate surface area is 187 Å². The Balaban J connectivity index is 1.30. The second-order valence-electron chi connectivity index (χ2n) is 11.6. The summed E-state index contributed by atoms with van der Waals surface area (Å²) in [4.78, 5) is 11.7. The third-order valence-corrected chi connectivity index (χ3v) is 11.9. The predicted molar refractivity (Wildman–Crippen MR) is 124 cm³/mol. The largest absolute Gasteiger partial charge is 0.458 e. The van der Waals surface area contributed by atoms with Crippen LogP contribution in [0.4, 0.5) is 0 Å². The molecule has 3 nitrogen and oxygen atoms in total. The molecule has 4 saturated carbocycles. The molecule has 2 N–H and O–H groups in total. The average molecular weight is 432 g/mol. The highest BCUT2D eigenvalue weighted by Crippen LogP contribution is 2.68. The maximum atomic E-state index is 11.7. The van der Waals surface area contributed by atoms with Crippen molar-refractivity contribution in [1.82, 2.24) is 0 Å². The van der Waals surface area contributed by atoms with Gasteiger partial charge in [0.05, 0.1) is 0 Å². The lowest BCUT2D eigenvalue weighted by Gasteiger charge is -2.61. The molecule has 0 radical (unpaired) electrons. The third-order valence-electron chi connectivity index (χ3n) is 10.5. The number of esters is 1. The number of ether oxygens (including phenoxy) is 1. The molecule has 0 bridgehead atoms. The Morgan fingerprint density at radius 3 is 2.63 bits per heavy atom. The van der Waals surface area contributed by atoms with E-state index in [0.717, 1.165) is 35.5 Å². The number of carbonyl (C=O) groups excluding carboxylic acids is 1. The van der Waals surface area contributed by atoms with Crippen LogP contribution in [0.25, 0.3) is 0 Å². The first-order chi connectivity index (χ1) is 14.5. The molecule has 0 aromatic rings. The summed E-state index contributed by atoms with van der Waals surface area (Å²) in [5.74, 6) is 5.35. The highest BCUT2D eigenvalue weighted by Gasteiger charge is 2.60. The van der Waals surface area contributed by atoms with E-state index >= 15 is 0 Å². The highest BCUT2D eigenvalue weighted by molar-refractivity contribution is 7.99. The SMILES string of the molecule is C[C@]12CC[C@H](SCCCN)C[C@H]1CC[C@@H]1[C@@H]2CC[C@]2(C)[C@@H](C3=CC(=O)OC3)CC[C@@H]12. The Bertz CT molecular complexity index is 707. The van der Waals surface area contributed by atoms with E-state index in [-0.39, 0.29) is 5.97 Å². The van der Waals surface area contributed by atoms with E-state index in [9.17, 15) is 4.79 Å². The summed E-state index contributed by atoms with van der Waals surface area (Å²) in [5, 5.41) is 0.878. The topological polar surface area (TPSA) is 52.3 Å². The molecule has 1 heterocycles. The van der Waals surface area contributed by atoms with Crippen molar-refractivity contribution in [2.45, 2.75) is 83.3 Å². The maximum Gasteiger partial charge on any atom is 0.331 e. The van der Waals surface area contributed by atoms with E-state index in [1.807, 2.05) is 6.08 Å². The van der Waals surface area contributed by atoms with Gasteiger partial charge in [-0.25, -0.2) is 4.79 Å². The molecular weight excluding hydrogens is 390 g/mol. The quantitative estimate of drug-likeness (QED) is 0.456. The van der Waals surface area contributed by atoms with Crippen LogP contribution in [0, 0.1) is 40.4 Å². The van der Waals surface area contributed by atoms with Gasteiger partial charge in [0.15, 0.2) is 0 Å². The lowest BCUT2D eigenvalue weighted by molar-refractivity contribution is -0.135. The number of thioether (sulfide) groups is 1. The summed E-state index contributed by atoms with van der Waals surface area (Å²) < 4.78 is 5.30. The second kappa shape index (κ2) is 8.14. The van der Waals surface area contributed by atoms with Crippen LogP contribution in [0.2, 0.25) is 0 Å². The van der Waals surface area contributed by atoms with Crippen LogP contribution < -0.4 is 5.73 Å². The zero-order chi connectivity index (χ0) is 20.9. The normalized spacial score (nSPS) is 47.8. The molecule has 0 saturated heterocycles. The molecule has 0 aromatic carbocycles. The Hall–Kier alpha value is -0.480. The van der Waals surface area contributed by atoms with Gasteiger partial charge in [-0.15, -0.1) is 0 Å². The molecular formula is C26H41NO2S. The molecule has 4 heteroatoms. The molecule has 0 amide bonds. The van der Waals surface area contributed by atoms with Gasteiger partial charge in [0.2, 0.25) is 0 Å². The first-order valence-corrected chi connectivity index (χ1v) is 13.7. The van der Waals surface area contributed by atoms with Crippen LogP contribution in [0.3, 0.4) is 0 Å². The van der Waals surface area contributed by atoms with Crippen molar-refractivity contribution in [2.24, 2.45) is 46.2 Å². The molecule has 4 aliphatic carbocycles. The van der Waals surface area contributed by atoms with Gasteiger partial charge in [-0.3, -0.25) is 0 Å². The monoisotopic (exact) mass is 431 g/mol. The van der Waals surface area contributed by atoms with Gasteiger partial charge in [-0.05, 0) is 122 Å². The number of rotatable bonds is 5. The first-order valence-electron chi connectivity index (χ1n) is 12.6. The molecule has 1 aliphatic heterocycles. The van der Waals surface area contributed by atoms with E-state index in [0.29, 0.717) is 23.4 Å². The highest BCUT2D eigenvalue weighted by atomic mass is 32.2. The lowest BCUT2D eigenvalue weighted by atomic mass is 9.44. The van der Waals surface area contributed by atoms with Crippen molar-refractivity contribution in [3.63, 3.8) is 0 Å². The van der Waals surface area contributed by atoms with Crippen molar-refractivity contribution in [3.8, 4) is 0 Å². The van der Waals surface area contributed by atoms with E-state index in [2.05, 4.69) is 25.6 Å². The van der Waals surface area contributed by atoms with Crippen molar-refractivity contribution in [3.05, 3.63) is 11.6 Å². The number of fused-ring (bicyclic) bond motifs is 5. The van der Waals surface area contributed by atoms with Crippen LogP contribution in [0.1, 0.15) is 78.1 Å². The Morgan fingerprint density at radius 1 is 1.07 bits per heavy atom. The standard InChI is InChI=1S/C26H41NO2S/c1-25-10-8-19(30-13-3-12-27)15-18(25)4-5-20-22-7-6-21(17-14-24(28)29-16-17)26(22,2)11-9-23(20)25/h14,18-23H,3-13,15-16,27H2,1-2H3/t18-,19+,20+,21-,22+,23+,25+,26-/m1/s1. The van der Waals surface area contributed by atoms with Gasteiger partial charge in [0, 0.05) is 11.3 Å². The van der Waals surface area contributed by atoms with E-state index < -0.39 is 0 Å². The summed E-state index contributed by atoms with van der Waals surface area (Å²) in [6.07, 6.45) is 15.6. The fourth-order valence-electron chi connectivity index (χ4n) is 8.90. The number of hydrogen-bond donors (Lipinski definition) is 1.